The number of hydrogen-bond acceptors (Lipinski definition) is 5. The molecule has 1 aliphatic rings. The summed E-state index contributed by atoms with van der Waals surface area (Å²) in [6.45, 7) is -0.161. The Morgan fingerprint density at radius 3 is 2.68 bits per heavy atom. The maximum absolute atomic E-state index is 13.2. The van der Waals surface area contributed by atoms with E-state index < -0.39 is 22.7 Å². The molecule has 1 amide bonds. The number of aliphatic hydroxyl groups excluding tert-OH is 1. The summed E-state index contributed by atoms with van der Waals surface area (Å²) in [7, 11) is 0. The molecule has 0 saturated heterocycles. The Morgan fingerprint density at radius 1 is 1.11 bits per heavy atom. The fourth-order valence-electron chi connectivity index (χ4n) is 4.40. The minimum atomic E-state index is -4.62. The van der Waals surface area contributed by atoms with Crippen molar-refractivity contribution in [1.29, 1.82) is 0 Å². The molecule has 0 spiro atoms. The minimum absolute atomic E-state index is 0.0470. The molecule has 2 heterocycles. The molecule has 3 N–H and O–H groups in total. The second-order valence-electron chi connectivity index (χ2n) is 8.95. The first-order valence-electron chi connectivity index (χ1n) is 11.8. The van der Waals surface area contributed by atoms with Gasteiger partial charge in [0, 0.05) is 23.9 Å². The number of H-pyrrole nitrogens is 1. The van der Waals surface area contributed by atoms with E-state index in [0.717, 1.165) is 23.3 Å². The lowest BCUT2D eigenvalue weighted by atomic mass is 9.83. The molecule has 38 heavy (non-hydrogen) atoms. The Kier molecular flexibility index (Phi) is 7.09. The van der Waals surface area contributed by atoms with Crippen molar-refractivity contribution in [3.05, 3.63) is 88.3 Å². The van der Waals surface area contributed by atoms with Crippen LogP contribution < -0.4 is 10.1 Å². The summed E-state index contributed by atoms with van der Waals surface area (Å²) in [6, 6.07) is 12.4. The molecule has 0 saturated carbocycles. The Bertz CT molecular complexity index is 1490. The number of fused-ring (bicyclic) bond motifs is 1. The van der Waals surface area contributed by atoms with Crippen LogP contribution in [-0.4, -0.2) is 26.0 Å². The fourth-order valence-corrected chi connectivity index (χ4v) is 4.62. The van der Waals surface area contributed by atoms with Crippen LogP contribution in [0.1, 0.15) is 28.8 Å². The maximum Gasteiger partial charge on any atom is 0.417 e. The highest BCUT2D eigenvalue weighted by atomic mass is 35.5. The summed E-state index contributed by atoms with van der Waals surface area (Å²) in [5.74, 6) is 0.851. The van der Waals surface area contributed by atoms with Crippen LogP contribution in [0, 0.1) is 5.92 Å². The molecule has 7 nitrogen and oxygen atoms in total. The van der Waals surface area contributed by atoms with Gasteiger partial charge in [0.1, 0.15) is 17.2 Å². The van der Waals surface area contributed by atoms with Crippen LogP contribution in [0.3, 0.4) is 0 Å². The predicted octanol–water partition coefficient (Wildman–Crippen LogP) is 6.17. The number of amides is 1. The SMILES string of the molecule is O=C(Nc1ccc(Cl)c(C(F)(F)F)c1)C1CCc2ccc(Oc3ccnc(-c4ncc(CO)[nH]4)c3)cc2C1. The Labute approximate surface area is 220 Å². The number of aromatic nitrogens is 3. The second kappa shape index (κ2) is 10.5. The van der Waals surface area contributed by atoms with Gasteiger partial charge in [-0.05, 0) is 66.8 Å². The van der Waals surface area contributed by atoms with Crippen LogP contribution in [0.25, 0.3) is 11.5 Å². The summed E-state index contributed by atoms with van der Waals surface area (Å²) in [5, 5.41) is 11.4. The summed E-state index contributed by atoms with van der Waals surface area (Å²) in [5.41, 5.74) is 2.20. The average molecular weight is 543 g/mol. The zero-order chi connectivity index (χ0) is 26.9. The Hall–Kier alpha value is -3.89. The number of rotatable bonds is 6. The van der Waals surface area contributed by atoms with Gasteiger partial charge in [-0.15, -0.1) is 0 Å². The smallest absolute Gasteiger partial charge is 0.417 e. The van der Waals surface area contributed by atoms with Crippen LogP contribution in [0.2, 0.25) is 5.02 Å². The van der Waals surface area contributed by atoms with Gasteiger partial charge in [0.25, 0.3) is 0 Å². The van der Waals surface area contributed by atoms with Crippen LogP contribution >= 0.6 is 11.6 Å². The van der Waals surface area contributed by atoms with Crippen LogP contribution in [0.4, 0.5) is 18.9 Å². The van der Waals surface area contributed by atoms with E-state index in [1.165, 1.54) is 12.3 Å². The number of ether oxygens (including phenoxy) is 1. The molecule has 2 aromatic heterocycles. The normalized spacial score (nSPS) is 15.1. The van der Waals surface area contributed by atoms with Gasteiger partial charge < -0.3 is 20.1 Å². The zero-order valence-corrected chi connectivity index (χ0v) is 20.6. The molecule has 0 fully saturated rings. The number of benzene rings is 2. The maximum atomic E-state index is 13.2. The number of nitrogens with zero attached hydrogens (tertiary/aromatic N) is 2. The third kappa shape index (κ3) is 5.66. The molecule has 1 unspecified atom stereocenters. The van der Waals surface area contributed by atoms with Crippen molar-refractivity contribution in [3.8, 4) is 23.0 Å². The third-order valence-corrected chi connectivity index (χ3v) is 6.65. The first-order valence-corrected chi connectivity index (χ1v) is 12.2. The Balaban J connectivity index is 1.28. The summed E-state index contributed by atoms with van der Waals surface area (Å²) in [4.78, 5) is 24.4. The number of nitrogens with one attached hydrogen (secondary N) is 2. The zero-order valence-electron chi connectivity index (χ0n) is 19.8. The first kappa shape index (κ1) is 25.7. The number of carbonyl (C=O) groups is 1. The van der Waals surface area contributed by atoms with E-state index in [9.17, 15) is 23.1 Å². The highest BCUT2D eigenvalue weighted by Gasteiger charge is 2.34. The number of pyridine rings is 1. The highest BCUT2D eigenvalue weighted by molar-refractivity contribution is 6.31. The van der Waals surface area contributed by atoms with E-state index in [4.69, 9.17) is 16.3 Å². The van der Waals surface area contributed by atoms with E-state index in [-0.39, 0.29) is 18.2 Å². The summed E-state index contributed by atoms with van der Waals surface area (Å²) in [6.07, 6.45) is 0.164. The van der Waals surface area contributed by atoms with E-state index in [1.54, 1.807) is 18.3 Å². The summed E-state index contributed by atoms with van der Waals surface area (Å²) < 4.78 is 45.6. The van der Waals surface area contributed by atoms with E-state index >= 15 is 0 Å². The van der Waals surface area contributed by atoms with Gasteiger partial charge in [0.2, 0.25) is 5.91 Å². The quantitative estimate of drug-likeness (QED) is 0.270. The molecule has 2 aromatic carbocycles. The lowest BCUT2D eigenvalue weighted by molar-refractivity contribution is -0.137. The lowest BCUT2D eigenvalue weighted by Gasteiger charge is -2.24. The molecule has 0 bridgehead atoms. The number of anilines is 1. The van der Waals surface area contributed by atoms with Gasteiger partial charge in [-0.1, -0.05) is 17.7 Å². The molecule has 0 aliphatic heterocycles. The van der Waals surface area contributed by atoms with E-state index in [1.807, 2.05) is 18.2 Å². The number of halogens is 4. The standard InChI is InChI=1S/C27H22ClF3N4O3/c28-23-6-4-18(11-22(23)27(29,30)31)35-26(37)16-2-1-15-3-5-20(10-17(15)9-16)38-21-7-8-32-24(12-21)25-33-13-19(14-36)34-25/h3-8,10-13,16,36H,1-2,9,14H2,(H,33,34)(H,35,37). The number of carbonyl (C=O) groups excluding carboxylic acids is 1. The van der Waals surface area contributed by atoms with Gasteiger partial charge in [-0.3, -0.25) is 9.78 Å². The predicted molar refractivity (Wildman–Crippen MR) is 135 cm³/mol. The number of alkyl halides is 3. The van der Waals surface area contributed by atoms with Crippen LogP contribution in [0.5, 0.6) is 11.5 Å². The molecule has 0 radical (unpaired) electrons. The van der Waals surface area contributed by atoms with Gasteiger partial charge in [-0.2, -0.15) is 13.2 Å². The topological polar surface area (TPSA) is 100 Å². The van der Waals surface area contributed by atoms with Gasteiger partial charge in [0.05, 0.1) is 29.1 Å². The molecule has 196 valence electrons. The molecular formula is C27H22ClF3N4O3. The molecular weight excluding hydrogens is 521 g/mol. The van der Waals surface area contributed by atoms with Crippen molar-refractivity contribution in [1.82, 2.24) is 15.0 Å². The van der Waals surface area contributed by atoms with Crippen molar-refractivity contribution < 1.29 is 27.8 Å². The first-order chi connectivity index (χ1) is 18.2. The minimum Gasteiger partial charge on any atom is -0.457 e. The third-order valence-electron chi connectivity index (χ3n) is 6.32. The van der Waals surface area contributed by atoms with E-state index in [0.29, 0.717) is 48.0 Å². The van der Waals surface area contributed by atoms with Crippen molar-refractivity contribution in [2.45, 2.75) is 32.0 Å². The molecule has 11 heteroatoms. The fraction of sp³-hybridized carbons (Fsp3) is 0.222. The molecule has 1 aliphatic carbocycles. The van der Waals surface area contributed by atoms with Crippen molar-refractivity contribution >= 4 is 23.2 Å². The van der Waals surface area contributed by atoms with Crippen LogP contribution in [0.15, 0.2) is 60.9 Å². The van der Waals surface area contributed by atoms with Crippen LogP contribution in [-0.2, 0) is 30.4 Å². The highest BCUT2D eigenvalue weighted by Crippen LogP contribution is 2.37. The summed E-state index contributed by atoms with van der Waals surface area (Å²) >= 11 is 5.68. The molecule has 4 aromatic rings. The van der Waals surface area contributed by atoms with Crippen molar-refractivity contribution in [3.63, 3.8) is 0 Å². The number of aliphatic hydroxyl groups is 1. The number of hydrogen-bond donors (Lipinski definition) is 3. The molecule has 1 atom stereocenters. The van der Waals surface area contributed by atoms with Crippen molar-refractivity contribution in [2.75, 3.05) is 5.32 Å². The van der Waals surface area contributed by atoms with Gasteiger partial charge in [0.15, 0.2) is 5.82 Å². The number of imidazole rings is 1. The lowest BCUT2D eigenvalue weighted by Crippen LogP contribution is -2.28. The largest absolute Gasteiger partial charge is 0.457 e. The van der Waals surface area contributed by atoms with Gasteiger partial charge in [-0.25, -0.2) is 4.98 Å². The van der Waals surface area contributed by atoms with Crippen molar-refractivity contribution in [2.24, 2.45) is 5.92 Å². The van der Waals surface area contributed by atoms with E-state index in [2.05, 4.69) is 20.3 Å². The second-order valence-corrected chi connectivity index (χ2v) is 9.35. The average Bonchev–Trinajstić information content (AvgIpc) is 3.38. The number of aryl methyl sites for hydroxylation is 1. The van der Waals surface area contributed by atoms with Gasteiger partial charge >= 0.3 is 6.18 Å². The Morgan fingerprint density at radius 2 is 1.92 bits per heavy atom. The number of aromatic amines is 1. The monoisotopic (exact) mass is 542 g/mol. The molecule has 5 rings (SSSR count).